The number of ketones is 1. The summed E-state index contributed by atoms with van der Waals surface area (Å²) in [4.78, 5) is 37.2. The molecule has 1 aliphatic heterocycles. The number of amides is 2. The minimum absolute atomic E-state index is 0.166. The van der Waals surface area contributed by atoms with Gasteiger partial charge in [0.15, 0.2) is 5.78 Å². The van der Waals surface area contributed by atoms with Crippen molar-refractivity contribution in [2.75, 3.05) is 13.2 Å². The minimum atomic E-state index is -1.19. The van der Waals surface area contributed by atoms with E-state index in [2.05, 4.69) is 10.6 Å². The SMILES string of the molecule is CC(C)(C)OC(=O)NCC1C(=O)CO[C@H](c2cc(F)ccc2F)[C@H]1NC(=O)OC(C)(C)C. The average Bonchev–Trinajstić information content (AvgIpc) is 2.60. The van der Waals surface area contributed by atoms with E-state index < -0.39 is 65.5 Å². The van der Waals surface area contributed by atoms with Gasteiger partial charge < -0.3 is 24.8 Å². The Balaban J connectivity index is 2.32. The number of ether oxygens (including phenoxy) is 3. The number of rotatable bonds is 4. The van der Waals surface area contributed by atoms with Crippen LogP contribution in [0, 0.1) is 17.6 Å². The van der Waals surface area contributed by atoms with Crippen LogP contribution < -0.4 is 10.6 Å². The van der Waals surface area contributed by atoms with Gasteiger partial charge in [-0.05, 0) is 59.7 Å². The summed E-state index contributed by atoms with van der Waals surface area (Å²) in [5, 5.41) is 5.03. The number of hydrogen-bond acceptors (Lipinski definition) is 6. The largest absolute Gasteiger partial charge is 0.444 e. The third kappa shape index (κ3) is 7.44. The van der Waals surface area contributed by atoms with Crippen LogP contribution in [0.15, 0.2) is 18.2 Å². The van der Waals surface area contributed by atoms with Gasteiger partial charge in [0, 0.05) is 12.1 Å². The quantitative estimate of drug-likeness (QED) is 0.717. The molecule has 2 N–H and O–H groups in total. The molecule has 8 nitrogen and oxygen atoms in total. The Bertz CT molecular complexity index is 863. The molecule has 2 rings (SSSR count). The molecule has 0 radical (unpaired) electrons. The highest BCUT2D eigenvalue weighted by molar-refractivity contribution is 5.85. The molecule has 32 heavy (non-hydrogen) atoms. The first-order chi connectivity index (χ1) is 14.7. The van der Waals surface area contributed by atoms with Gasteiger partial charge in [0.25, 0.3) is 0 Å². The van der Waals surface area contributed by atoms with Crippen molar-refractivity contribution in [1.82, 2.24) is 10.6 Å². The third-order valence-corrected chi connectivity index (χ3v) is 4.39. The fourth-order valence-corrected chi connectivity index (χ4v) is 3.18. The van der Waals surface area contributed by atoms with Crippen LogP contribution in [0.25, 0.3) is 0 Å². The molecule has 0 aliphatic carbocycles. The molecule has 0 saturated carbocycles. The first-order valence-corrected chi connectivity index (χ1v) is 10.2. The van der Waals surface area contributed by atoms with Gasteiger partial charge >= 0.3 is 12.2 Å². The van der Waals surface area contributed by atoms with Crippen LogP contribution in [0.4, 0.5) is 18.4 Å². The van der Waals surface area contributed by atoms with E-state index in [1.807, 2.05) is 0 Å². The number of hydrogen-bond donors (Lipinski definition) is 2. The molecule has 10 heteroatoms. The predicted molar refractivity (Wildman–Crippen MR) is 111 cm³/mol. The maximum Gasteiger partial charge on any atom is 0.407 e. The van der Waals surface area contributed by atoms with Crippen LogP contribution in [0.2, 0.25) is 0 Å². The second kappa shape index (κ2) is 9.81. The van der Waals surface area contributed by atoms with Gasteiger partial charge in [0.05, 0.1) is 12.0 Å². The summed E-state index contributed by atoms with van der Waals surface area (Å²) >= 11 is 0. The Labute approximate surface area is 186 Å². The van der Waals surface area contributed by atoms with Crippen LogP contribution in [0.3, 0.4) is 0 Å². The van der Waals surface area contributed by atoms with Gasteiger partial charge in [-0.1, -0.05) is 0 Å². The van der Waals surface area contributed by atoms with Crippen molar-refractivity contribution in [3.8, 4) is 0 Å². The van der Waals surface area contributed by atoms with Gasteiger partial charge in [-0.25, -0.2) is 18.4 Å². The number of nitrogens with one attached hydrogen (secondary N) is 2. The Hall–Kier alpha value is -2.75. The lowest BCUT2D eigenvalue weighted by Gasteiger charge is -2.38. The van der Waals surface area contributed by atoms with E-state index >= 15 is 0 Å². The first-order valence-electron chi connectivity index (χ1n) is 10.2. The van der Waals surface area contributed by atoms with Crippen LogP contribution in [-0.4, -0.2) is 48.4 Å². The van der Waals surface area contributed by atoms with Crippen molar-refractivity contribution in [2.24, 2.45) is 5.92 Å². The molecule has 2 amide bonds. The Morgan fingerprint density at radius 1 is 1.06 bits per heavy atom. The van der Waals surface area contributed by atoms with E-state index in [1.54, 1.807) is 41.5 Å². The van der Waals surface area contributed by atoms with Crippen molar-refractivity contribution in [3.63, 3.8) is 0 Å². The molecule has 1 heterocycles. The monoisotopic (exact) mass is 456 g/mol. The van der Waals surface area contributed by atoms with E-state index in [1.165, 1.54) is 0 Å². The molecular weight excluding hydrogens is 426 g/mol. The van der Waals surface area contributed by atoms with E-state index in [-0.39, 0.29) is 12.1 Å². The molecule has 1 aromatic rings. The Morgan fingerprint density at radius 2 is 1.66 bits per heavy atom. The van der Waals surface area contributed by atoms with Crippen molar-refractivity contribution in [2.45, 2.75) is 64.9 Å². The second-order valence-electron chi connectivity index (χ2n) is 9.53. The molecule has 1 aliphatic rings. The maximum atomic E-state index is 14.5. The molecule has 178 valence electrons. The maximum absolute atomic E-state index is 14.5. The smallest absolute Gasteiger partial charge is 0.407 e. The topological polar surface area (TPSA) is 103 Å². The van der Waals surface area contributed by atoms with Crippen LogP contribution in [0.1, 0.15) is 53.2 Å². The third-order valence-electron chi connectivity index (χ3n) is 4.39. The Morgan fingerprint density at radius 3 is 2.25 bits per heavy atom. The Kier molecular flexibility index (Phi) is 7.82. The molecule has 1 aromatic carbocycles. The summed E-state index contributed by atoms with van der Waals surface area (Å²) in [6.45, 7) is 9.38. The molecule has 1 saturated heterocycles. The molecule has 3 atom stereocenters. The van der Waals surface area contributed by atoms with Gasteiger partial charge in [-0.2, -0.15) is 0 Å². The van der Waals surface area contributed by atoms with Crippen molar-refractivity contribution in [3.05, 3.63) is 35.4 Å². The second-order valence-corrected chi connectivity index (χ2v) is 9.53. The molecule has 1 unspecified atom stereocenters. The van der Waals surface area contributed by atoms with Gasteiger partial charge in [-0.3, -0.25) is 4.79 Å². The van der Waals surface area contributed by atoms with Gasteiger partial charge in [0.2, 0.25) is 0 Å². The number of alkyl carbamates (subject to hydrolysis) is 2. The van der Waals surface area contributed by atoms with Crippen LogP contribution in [-0.2, 0) is 19.0 Å². The van der Waals surface area contributed by atoms with E-state index in [0.29, 0.717) is 0 Å². The standard InChI is InChI=1S/C22H30F2N2O6/c1-21(2,3)31-19(28)25-10-14-16(27)11-30-18(13-9-12(23)7-8-15(13)24)17(14)26-20(29)32-22(4,5)6/h7-9,14,17-18H,10-11H2,1-6H3,(H,25,28)(H,26,29)/t14?,17-,18+/m0/s1. The summed E-state index contributed by atoms with van der Waals surface area (Å²) in [6, 6.07) is 1.68. The highest BCUT2D eigenvalue weighted by atomic mass is 19.1. The summed E-state index contributed by atoms with van der Waals surface area (Å²) < 4.78 is 44.3. The van der Waals surface area contributed by atoms with Crippen molar-refractivity contribution in [1.29, 1.82) is 0 Å². The highest BCUT2D eigenvalue weighted by Gasteiger charge is 2.43. The lowest BCUT2D eigenvalue weighted by atomic mass is 9.85. The average molecular weight is 456 g/mol. The molecule has 0 spiro atoms. The van der Waals surface area contributed by atoms with Gasteiger partial charge in [0.1, 0.15) is 35.5 Å². The first kappa shape index (κ1) is 25.5. The molecule has 1 fully saturated rings. The lowest BCUT2D eigenvalue weighted by molar-refractivity contribution is -0.141. The number of halogens is 2. The summed E-state index contributed by atoms with van der Waals surface area (Å²) in [5.74, 6) is -2.91. The summed E-state index contributed by atoms with van der Waals surface area (Å²) in [6.07, 6.45) is -2.83. The van der Waals surface area contributed by atoms with Crippen molar-refractivity contribution < 1.29 is 37.4 Å². The van der Waals surface area contributed by atoms with E-state index in [9.17, 15) is 23.2 Å². The number of benzene rings is 1. The van der Waals surface area contributed by atoms with Crippen LogP contribution in [0.5, 0.6) is 0 Å². The number of carbonyl (C=O) groups excluding carboxylic acids is 3. The van der Waals surface area contributed by atoms with E-state index in [4.69, 9.17) is 14.2 Å². The van der Waals surface area contributed by atoms with Crippen LogP contribution >= 0.6 is 0 Å². The normalized spacial score (nSPS) is 21.6. The van der Waals surface area contributed by atoms with Gasteiger partial charge in [-0.15, -0.1) is 0 Å². The predicted octanol–water partition coefficient (Wildman–Crippen LogP) is 3.64. The summed E-state index contributed by atoms with van der Waals surface area (Å²) in [7, 11) is 0. The fourth-order valence-electron chi connectivity index (χ4n) is 3.18. The molecule has 0 aromatic heterocycles. The number of carbonyl (C=O) groups is 3. The zero-order valence-corrected chi connectivity index (χ0v) is 19.1. The summed E-state index contributed by atoms with van der Waals surface area (Å²) in [5.41, 5.74) is -1.76. The molecular formula is C22H30F2N2O6. The van der Waals surface area contributed by atoms with Crippen molar-refractivity contribution >= 4 is 18.0 Å². The van der Waals surface area contributed by atoms with E-state index in [0.717, 1.165) is 18.2 Å². The molecule has 0 bridgehead atoms. The fraction of sp³-hybridized carbons (Fsp3) is 0.591. The highest BCUT2D eigenvalue weighted by Crippen LogP contribution is 2.33. The zero-order valence-electron chi connectivity index (χ0n) is 19.1. The lowest BCUT2D eigenvalue weighted by Crippen LogP contribution is -2.56. The minimum Gasteiger partial charge on any atom is -0.444 e. The zero-order chi connectivity index (χ0) is 24.3. The number of Topliss-reactive ketones (excluding diaryl/α,β-unsaturated/α-hetero) is 1.